The average Bonchev–Trinajstić information content (AvgIpc) is 2.52. The van der Waals surface area contributed by atoms with Gasteiger partial charge in [0, 0.05) is 31.7 Å². The predicted molar refractivity (Wildman–Crippen MR) is 108 cm³/mol. The number of carbonyl (C=O) groups is 1. The van der Waals surface area contributed by atoms with Crippen LogP contribution in [-0.4, -0.2) is 38.0 Å². The Morgan fingerprint density at radius 1 is 1.09 bits per heavy atom. The Bertz CT molecular complexity index is 463. The van der Waals surface area contributed by atoms with Gasteiger partial charge >= 0.3 is 0 Å². The summed E-state index contributed by atoms with van der Waals surface area (Å²) >= 11 is 0. The first-order chi connectivity index (χ1) is 10.6. The molecule has 0 unspecified atom stereocenters. The third-order valence-electron chi connectivity index (χ3n) is 2.93. The fraction of sp³-hybridized carbons (Fsp3) is 0.529. The van der Waals surface area contributed by atoms with Crippen LogP contribution < -0.4 is 16.0 Å². The Kier molecular flexibility index (Phi) is 12.4. The molecule has 1 aromatic carbocycles. The van der Waals surface area contributed by atoms with Crippen LogP contribution in [0, 0.1) is 5.92 Å². The van der Waals surface area contributed by atoms with Crippen molar-refractivity contribution < 1.29 is 4.79 Å². The monoisotopic (exact) mass is 432 g/mol. The summed E-state index contributed by atoms with van der Waals surface area (Å²) in [6, 6.07) is 9.26. The SMILES string of the molecule is CCNC(=NCC(C)C)NCCCNC(=O)c1ccccc1.I. The van der Waals surface area contributed by atoms with E-state index in [0.717, 1.165) is 32.0 Å². The number of guanidine groups is 1. The topological polar surface area (TPSA) is 65.5 Å². The molecule has 0 saturated heterocycles. The summed E-state index contributed by atoms with van der Waals surface area (Å²) in [5, 5.41) is 9.41. The van der Waals surface area contributed by atoms with Gasteiger partial charge in [0.2, 0.25) is 0 Å². The maximum absolute atomic E-state index is 11.9. The molecular formula is C17H29IN4O. The molecule has 0 saturated carbocycles. The standard InChI is InChI=1S/C17H28N4O.HI/c1-4-18-17(21-13-14(2)3)20-12-8-11-19-16(22)15-9-6-5-7-10-15;/h5-7,9-10,14H,4,8,11-13H2,1-3H3,(H,19,22)(H2,18,20,21);1H. The Morgan fingerprint density at radius 2 is 1.74 bits per heavy atom. The van der Waals surface area contributed by atoms with Crippen molar-refractivity contribution in [3.63, 3.8) is 0 Å². The van der Waals surface area contributed by atoms with Crippen LogP contribution in [-0.2, 0) is 0 Å². The largest absolute Gasteiger partial charge is 0.357 e. The molecule has 0 aliphatic carbocycles. The third-order valence-corrected chi connectivity index (χ3v) is 2.93. The summed E-state index contributed by atoms with van der Waals surface area (Å²) in [7, 11) is 0. The highest BCUT2D eigenvalue weighted by molar-refractivity contribution is 14.0. The number of amides is 1. The molecule has 0 bridgehead atoms. The van der Waals surface area contributed by atoms with E-state index < -0.39 is 0 Å². The first-order valence-electron chi connectivity index (χ1n) is 7.99. The highest BCUT2D eigenvalue weighted by Gasteiger charge is 2.03. The second-order valence-electron chi connectivity index (χ2n) is 5.52. The van der Waals surface area contributed by atoms with E-state index in [9.17, 15) is 4.79 Å². The molecule has 1 aromatic rings. The molecule has 0 aliphatic heterocycles. The van der Waals surface area contributed by atoms with Crippen molar-refractivity contribution in [1.29, 1.82) is 0 Å². The summed E-state index contributed by atoms with van der Waals surface area (Å²) in [6.07, 6.45) is 0.852. The van der Waals surface area contributed by atoms with Gasteiger partial charge in [-0.1, -0.05) is 32.0 Å². The van der Waals surface area contributed by atoms with Gasteiger partial charge in [0.05, 0.1) is 0 Å². The van der Waals surface area contributed by atoms with Crippen LogP contribution >= 0.6 is 24.0 Å². The molecule has 0 fully saturated rings. The first-order valence-corrected chi connectivity index (χ1v) is 7.99. The van der Waals surface area contributed by atoms with E-state index in [1.54, 1.807) is 0 Å². The highest BCUT2D eigenvalue weighted by atomic mass is 127. The van der Waals surface area contributed by atoms with Crippen molar-refractivity contribution >= 4 is 35.8 Å². The lowest BCUT2D eigenvalue weighted by Gasteiger charge is -2.12. The van der Waals surface area contributed by atoms with Gasteiger partial charge in [-0.15, -0.1) is 24.0 Å². The second-order valence-corrected chi connectivity index (χ2v) is 5.52. The maximum atomic E-state index is 11.9. The third kappa shape index (κ3) is 10.1. The lowest BCUT2D eigenvalue weighted by Crippen LogP contribution is -2.39. The summed E-state index contributed by atoms with van der Waals surface area (Å²) in [5.74, 6) is 1.35. The zero-order valence-electron chi connectivity index (χ0n) is 14.3. The van der Waals surface area contributed by atoms with E-state index in [2.05, 4.69) is 34.8 Å². The van der Waals surface area contributed by atoms with Gasteiger partial charge in [-0.3, -0.25) is 9.79 Å². The van der Waals surface area contributed by atoms with E-state index >= 15 is 0 Å². The number of hydrogen-bond donors (Lipinski definition) is 3. The molecular weight excluding hydrogens is 403 g/mol. The number of hydrogen-bond acceptors (Lipinski definition) is 2. The van der Waals surface area contributed by atoms with Crippen molar-refractivity contribution in [1.82, 2.24) is 16.0 Å². The fourth-order valence-electron chi connectivity index (χ4n) is 1.80. The van der Waals surface area contributed by atoms with Gasteiger partial charge in [0.25, 0.3) is 5.91 Å². The van der Waals surface area contributed by atoms with Gasteiger partial charge in [0.1, 0.15) is 0 Å². The van der Waals surface area contributed by atoms with E-state index in [4.69, 9.17) is 0 Å². The Hall–Kier alpha value is -1.31. The second kappa shape index (κ2) is 13.2. The van der Waals surface area contributed by atoms with Crippen LogP contribution in [0.25, 0.3) is 0 Å². The summed E-state index contributed by atoms with van der Waals surface area (Å²) in [5.41, 5.74) is 0.697. The number of benzene rings is 1. The molecule has 0 radical (unpaired) electrons. The lowest BCUT2D eigenvalue weighted by molar-refractivity contribution is 0.0953. The minimum absolute atomic E-state index is 0. The van der Waals surface area contributed by atoms with Gasteiger partial charge < -0.3 is 16.0 Å². The fourth-order valence-corrected chi connectivity index (χ4v) is 1.80. The number of halogens is 1. The van der Waals surface area contributed by atoms with E-state index in [1.165, 1.54) is 0 Å². The van der Waals surface area contributed by atoms with E-state index in [-0.39, 0.29) is 29.9 Å². The molecule has 0 aliphatic rings. The molecule has 0 spiro atoms. The van der Waals surface area contributed by atoms with Crippen molar-refractivity contribution in [2.24, 2.45) is 10.9 Å². The molecule has 130 valence electrons. The molecule has 3 N–H and O–H groups in total. The van der Waals surface area contributed by atoms with Crippen LogP contribution in [0.15, 0.2) is 35.3 Å². The smallest absolute Gasteiger partial charge is 0.251 e. The summed E-state index contributed by atoms with van der Waals surface area (Å²) in [6.45, 7) is 9.41. The van der Waals surface area contributed by atoms with Gasteiger partial charge in [-0.25, -0.2) is 0 Å². The minimum atomic E-state index is -0.0269. The van der Waals surface area contributed by atoms with Crippen molar-refractivity contribution in [2.75, 3.05) is 26.2 Å². The van der Waals surface area contributed by atoms with E-state index in [0.29, 0.717) is 18.0 Å². The molecule has 0 heterocycles. The highest BCUT2D eigenvalue weighted by Crippen LogP contribution is 1.97. The average molecular weight is 432 g/mol. The molecule has 23 heavy (non-hydrogen) atoms. The van der Waals surface area contributed by atoms with Crippen LogP contribution in [0.1, 0.15) is 37.6 Å². The molecule has 6 heteroatoms. The zero-order chi connectivity index (χ0) is 16.2. The molecule has 1 rings (SSSR count). The number of carbonyl (C=O) groups excluding carboxylic acids is 1. The predicted octanol–water partition coefficient (Wildman–Crippen LogP) is 2.64. The Labute approximate surface area is 156 Å². The molecule has 5 nitrogen and oxygen atoms in total. The van der Waals surface area contributed by atoms with Crippen LogP contribution in [0.3, 0.4) is 0 Å². The molecule has 1 amide bonds. The quantitative estimate of drug-likeness (QED) is 0.256. The van der Waals surface area contributed by atoms with Crippen LogP contribution in [0.2, 0.25) is 0 Å². The van der Waals surface area contributed by atoms with Gasteiger partial charge in [-0.05, 0) is 31.4 Å². The zero-order valence-corrected chi connectivity index (χ0v) is 16.6. The summed E-state index contributed by atoms with van der Waals surface area (Å²) < 4.78 is 0. The number of aliphatic imine (C=N–C) groups is 1. The lowest BCUT2D eigenvalue weighted by atomic mass is 10.2. The van der Waals surface area contributed by atoms with Crippen molar-refractivity contribution in [3.05, 3.63) is 35.9 Å². The Balaban J connectivity index is 0.00000484. The first kappa shape index (κ1) is 21.7. The number of nitrogens with one attached hydrogen (secondary N) is 3. The normalized spacial score (nSPS) is 10.9. The van der Waals surface area contributed by atoms with Crippen LogP contribution in [0.5, 0.6) is 0 Å². The maximum Gasteiger partial charge on any atom is 0.251 e. The number of nitrogens with zero attached hydrogens (tertiary/aromatic N) is 1. The van der Waals surface area contributed by atoms with Crippen molar-refractivity contribution in [3.8, 4) is 0 Å². The van der Waals surface area contributed by atoms with E-state index in [1.807, 2.05) is 37.3 Å². The molecule has 0 atom stereocenters. The molecule has 0 aromatic heterocycles. The van der Waals surface area contributed by atoms with Crippen LogP contribution in [0.4, 0.5) is 0 Å². The summed E-state index contributed by atoms with van der Waals surface area (Å²) in [4.78, 5) is 16.4. The Morgan fingerprint density at radius 3 is 2.35 bits per heavy atom. The van der Waals surface area contributed by atoms with Gasteiger partial charge in [-0.2, -0.15) is 0 Å². The van der Waals surface area contributed by atoms with Crippen molar-refractivity contribution in [2.45, 2.75) is 27.2 Å². The minimum Gasteiger partial charge on any atom is -0.357 e. The number of rotatable bonds is 8. The van der Waals surface area contributed by atoms with Gasteiger partial charge in [0.15, 0.2) is 5.96 Å².